The maximum absolute atomic E-state index is 13.1. The summed E-state index contributed by atoms with van der Waals surface area (Å²) in [4.78, 5) is 13.8. The van der Waals surface area contributed by atoms with Crippen LogP contribution in [0.2, 0.25) is 4.34 Å². The molecule has 3 rings (SSSR count). The Morgan fingerprint density at radius 1 is 1.16 bits per heavy atom. The van der Waals surface area contributed by atoms with Crippen LogP contribution in [0.1, 0.15) is 14.5 Å². The first-order chi connectivity index (χ1) is 9.11. The second kappa shape index (κ2) is 5.04. The summed E-state index contributed by atoms with van der Waals surface area (Å²) in [6.45, 7) is 0. The van der Waals surface area contributed by atoms with E-state index in [0.717, 1.165) is 15.0 Å². The maximum atomic E-state index is 13.1. The third-order valence-corrected chi connectivity index (χ3v) is 5.11. The maximum Gasteiger partial charge on any atom is 0.178 e. The number of rotatable bonds is 3. The van der Waals surface area contributed by atoms with E-state index in [1.165, 1.54) is 34.8 Å². The average molecular weight is 311 g/mol. The van der Waals surface area contributed by atoms with Crippen LogP contribution in [0.3, 0.4) is 0 Å². The summed E-state index contributed by atoms with van der Waals surface area (Å²) >= 11 is 8.64. The van der Waals surface area contributed by atoms with Gasteiger partial charge in [0, 0.05) is 16.0 Å². The summed E-state index contributed by atoms with van der Waals surface area (Å²) in [5.74, 6) is -0.241. The monoisotopic (exact) mass is 310 g/mol. The van der Waals surface area contributed by atoms with Gasteiger partial charge >= 0.3 is 0 Å². The molecule has 0 amide bonds. The molecule has 2 heterocycles. The predicted octanol–water partition coefficient (Wildman–Crippen LogP) is 5.18. The Balaban J connectivity index is 1.89. The Morgan fingerprint density at radius 2 is 2.00 bits per heavy atom. The molecule has 5 heteroatoms. The summed E-state index contributed by atoms with van der Waals surface area (Å²) in [7, 11) is 0. The van der Waals surface area contributed by atoms with Crippen molar-refractivity contribution < 1.29 is 9.18 Å². The number of Topliss-reactive ketones (excluding diaryl/α,β-unsaturated/α-hetero) is 1. The molecule has 0 aliphatic rings. The molecule has 0 aliphatic heterocycles. The summed E-state index contributed by atoms with van der Waals surface area (Å²) < 4.78 is 14.7. The molecule has 0 fully saturated rings. The van der Waals surface area contributed by atoms with Crippen LogP contribution >= 0.6 is 34.3 Å². The van der Waals surface area contributed by atoms with Crippen molar-refractivity contribution in [2.75, 3.05) is 0 Å². The van der Waals surface area contributed by atoms with E-state index in [2.05, 4.69) is 0 Å². The largest absolute Gasteiger partial charge is 0.293 e. The molecule has 0 radical (unpaired) electrons. The molecular weight excluding hydrogens is 303 g/mol. The topological polar surface area (TPSA) is 17.1 Å². The predicted molar refractivity (Wildman–Crippen MR) is 79.1 cm³/mol. The quantitative estimate of drug-likeness (QED) is 0.609. The highest BCUT2D eigenvalue weighted by Crippen LogP contribution is 2.28. The Bertz CT molecular complexity index is 760. The molecule has 3 aromatic rings. The molecule has 0 bridgehead atoms. The van der Waals surface area contributed by atoms with E-state index in [1.54, 1.807) is 18.2 Å². The number of carbonyl (C=O) groups is 1. The van der Waals surface area contributed by atoms with E-state index < -0.39 is 0 Å². The zero-order chi connectivity index (χ0) is 13.4. The van der Waals surface area contributed by atoms with E-state index in [9.17, 15) is 9.18 Å². The van der Waals surface area contributed by atoms with E-state index in [4.69, 9.17) is 11.6 Å². The molecule has 2 aromatic heterocycles. The van der Waals surface area contributed by atoms with Crippen molar-refractivity contribution in [2.45, 2.75) is 6.42 Å². The van der Waals surface area contributed by atoms with Gasteiger partial charge in [0.15, 0.2) is 5.78 Å². The first-order valence-electron chi connectivity index (χ1n) is 5.58. The number of benzene rings is 1. The van der Waals surface area contributed by atoms with Crippen LogP contribution in [0.4, 0.5) is 4.39 Å². The molecule has 0 saturated carbocycles. The Morgan fingerprint density at radius 3 is 2.74 bits per heavy atom. The van der Waals surface area contributed by atoms with Gasteiger partial charge in [0.1, 0.15) is 5.82 Å². The van der Waals surface area contributed by atoms with Gasteiger partial charge in [0.2, 0.25) is 0 Å². The van der Waals surface area contributed by atoms with E-state index >= 15 is 0 Å². The van der Waals surface area contributed by atoms with Crippen LogP contribution < -0.4 is 0 Å². The van der Waals surface area contributed by atoms with Gasteiger partial charge in [-0.2, -0.15) is 0 Å². The van der Waals surface area contributed by atoms with Gasteiger partial charge in [-0.25, -0.2) is 4.39 Å². The van der Waals surface area contributed by atoms with Gasteiger partial charge in [0.25, 0.3) is 0 Å². The number of halogens is 2. The minimum atomic E-state index is -0.283. The van der Waals surface area contributed by atoms with Crippen molar-refractivity contribution in [3.63, 3.8) is 0 Å². The first kappa shape index (κ1) is 12.8. The smallest absolute Gasteiger partial charge is 0.178 e. The normalized spacial score (nSPS) is 11.1. The van der Waals surface area contributed by atoms with Crippen LogP contribution in [-0.4, -0.2) is 5.78 Å². The standard InChI is InChI=1S/C14H8ClFOS2/c15-14-4-2-10(18-14)7-11(17)13-6-8-5-9(16)1-3-12(8)19-13/h1-6H,7H2. The number of carbonyl (C=O) groups excluding carboxylic acids is 1. The molecule has 0 N–H and O–H groups in total. The molecule has 0 saturated heterocycles. The second-order valence-corrected chi connectivity index (χ2v) is 6.98. The third kappa shape index (κ3) is 2.71. The fraction of sp³-hybridized carbons (Fsp3) is 0.0714. The zero-order valence-corrected chi connectivity index (χ0v) is 12.0. The second-order valence-electron chi connectivity index (χ2n) is 4.10. The van der Waals surface area contributed by atoms with Crippen molar-refractivity contribution in [3.05, 3.63) is 56.3 Å². The minimum absolute atomic E-state index is 0.0418. The van der Waals surface area contributed by atoms with Crippen LogP contribution in [0.25, 0.3) is 10.1 Å². The lowest BCUT2D eigenvalue weighted by Gasteiger charge is -1.93. The van der Waals surface area contributed by atoms with Crippen molar-refractivity contribution in [1.29, 1.82) is 0 Å². The average Bonchev–Trinajstić information content (AvgIpc) is 2.95. The molecule has 96 valence electrons. The first-order valence-corrected chi connectivity index (χ1v) is 7.59. The van der Waals surface area contributed by atoms with E-state index in [-0.39, 0.29) is 11.6 Å². The SMILES string of the molecule is O=C(Cc1ccc(Cl)s1)c1cc2cc(F)ccc2s1. The number of hydrogen-bond acceptors (Lipinski definition) is 3. The molecule has 1 nitrogen and oxygen atoms in total. The molecule has 0 spiro atoms. The van der Waals surface area contributed by atoms with Gasteiger partial charge in [0.05, 0.1) is 9.21 Å². The fourth-order valence-electron chi connectivity index (χ4n) is 1.84. The van der Waals surface area contributed by atoms with Crippen molar-refractivity contribution in [1.82, 2.24) is 0 Å². The van der Waals surface area contributed by atoms with Crippen molar-refractivity contribution in [2.24, 2.45) is 0 Å². The third-order valence-electron chi connectivity index (χ3n) is 2.72. The number of ketones is 1. The Kier molecular flexibility index (Phi) is 3.39. The molecule has 0 atom stereocenters. The lowest BCUT2D eigenvalue weighted by Crippen LogP contribution is -1.98. The number of thiophene rings is 2. The molecule has 19 heavy (non-hydrogen) atoms. The lowest BCUT2D eigenvalue weighted by atomic mass is 10.2. The summed E-state index contributed by atoms with van der Waals surface area (Å²) in [6, 6.07) is 9.96. The number of fused-ring (bicyclic) bond motifs is 1. The van der Waals surface area contributed by atoms with Gasteiger partial charge in [-0.1, -0.05) is 11.6 Å². The molecule has 1 aromatic carbocycles. The highest BCUT2D eigenvalue weighted by Gasteiger charge is 2.12. The molecular formula is C14H8ClFOS2. The summed E-state index contributed by atoms with van der Waals surface area (Å²) in [5, 5.41) is 0.776. The highest BCUT2D eigenvalue weighted by atomic mass is 35.5. The molecule has 0 aliphatic carbocycles. The van der Waals surface area contributed by atoms with Crippen LogP contribution in [0.15, 0.2) is 36.4 Å². The van der Waals surface area contributed by atoms with Gasteiger partial charge in [-0.3, -0.25) is 4.79 Å². The summed E-state index contributed by atoms with van der Waals surface area (Å²) in [6.07, 6.45) is 0.340. The molecule has 0 unspecified atom stereocenters. The Hall–Kier alpha value is -1.23. The Labute approximate surface area is 122 Å². The summed E-state index contributed by atoms with van der Waals surface area (Å²) in [5.41, 5.74) is 0. The minimum Gasteiger partial charge on any atom is -0.293 e. The van der Waals surface area contributed by atoms with Crippen molar-refractivity contribution >= 4 is 50.1 Å². The van der Waals surface area contributed by atoms with Gasteiger partial charge in [-0.05, 0) is 41.8 Å². The van der Waals surface area contributed by atoms with Gasteiger partial charge < -0.3 is 0 Å². The lowest BCUT2D eigenvalue weighted by molar-refractivity contribution is 0.0997. The van der Waals surface area contributed by atoms with Crippen LogP contribution in [0.5, 0.6) is 0 Å². The highest BCUT2D eigenvalue weighted by molar-refractivity contribution is 7.21. The van der Waals surface area contributed by atoms with Gasteiger partial charge in [-0.15, -0.1) is 22.7 Å². The van der Waals surface area contributed by atoms with Crippen LogP contribution in [-0.2, 0) is 6.42 Å². The van der Waals surface area contributed by atoms with Crippen molar-refractivity contribution in [3.8, 4) is 0 Å². The zero-order valence-electron chi connectivity index (χ0n) is 9.65. The van der Waals surface area contributed by atoms with E-state index in [1.807, 2.05) is 6.07 Å². The number of hydrogen-bond donors (Lipinski definition) is 0. The fourth-order valence-corrected chi connectivity index (χ4v) is 3.91. The van der Waals surface area contributed by atoms with Crippen LogP contribution in [0, 0.1) is 5.82 Å². The van der Waals surface area contributed by atoms with E-state index in [0.29, 0.717) is 15.6 Å².